The second-order valence-corrected chi connectivity index (χ2v) is 4.47. The summed E-state index contributed by atoms with van der Waals surface area (Å²) in [5.41, 5.74) is 6.25. The molecule has 0 spiro atoms. The molecule has 0 radical (unpaired) electrons. The number of H-pyrrole nitrogens is 1. The molecule has 0 bridgehead atoms. The highest BCUT2D eigenvalue weighted by atomic mass is 16.2. The smallest absolute Gasteiger partial charge is 0.239 e. The summed E-state index contributed by atoms with van der Waals surface area (Å²) in [6, 6.07) is 2.87. The molecule has 1 amide bonds. The van der Waals surface area contributed by atoms with Crippen LogP contribution in [0.3, 0.4) is 0 Å². The van der Waals surface area contributed by atoms with Gasteiger partial charge in [-0.15, -0.1) is 0 Å². The number of hydrogen-bond donors (Lipinski definition) is 2. The maximum absolute atomic E-state index is 11.8. The highest BCUT2D eigenvalue weighted by Gasteiger charge is 2.22. The summed E-state index contributed by atoms with van der Waals surface area (Å²) < 4.78 is 0. The average Bonchev–Trinajstić information content (AvgIpc) is 2.80. The molecule has 0 aromatic carbocycles. The first-order chi connectivity index (χ1) is 7.93. The molecule has 0 aliphatic heterocycles. The molecule has 1 atom stereocenters. The minimum atomic E-state index is -0.559. The standard InChI is InChI=1S/C12H19N3O2/c1-8(2)11(13)12(17)15(3)7-10(16)9-5-4-6-14-9/h4-6,8,11,14H,7,13H2,1-3H3. The monoisotopic (exact) mass is 237 g/mol. The largest absolute Gasteiger partial charge is 0.359 e. The number of carbonyl (C=O) groups excluding carboxylic acids is 2. The van der Waals surface area contributed by atoms with E-state index in [2.05, 4.69) is 4.98 Å². The van der Waals surface area contributed by atoms with Crippen molar-refractivity contribution < 1.29 is 9.59 Å². The Hall–Kier alpha value is -1.62. The third kappa shape index (κ3) is 3.42. The number of nitrogens with zero attached hydrogens (tertiary/aromatic N) is 1. The number of nitrogens with two attached hydrogens (primary N) is 1. The third-order valence-electron chi connectivity index (χ3n) is 2.66. The fraction of sp³-hybridized carbons (Fsp3) is 0.500. The van der Waals surface area contributed by atoms with Crippen LogP contribution in [0.25, 0.3) is 0 Å². The van der Waals surface area contributed by atoms with Crippen molar-refractivity contribution in [2.75, 3.05) is 13.6 Å². The van der Waals surface area contributed by atoms with Gasteiger partial charge in [0, 0.05) is 13.2 Å². The topological polar surface area (TPSA) is 79.2 Å². The molecule has 1 unspecified atom stereocenters. The van der Waals surface area contributed by atoms with Gasteiger partial charge in [-0.1, -0.05) is 13.8 Å². The van der Waals surface area contributed by atoms with Crippen molar-refractivity contribution in [3.8, 4) is 0 Å². The molecule has 0 saturated heterocycles. The number of nitrogens with one attached hydrogen (secondary N) is 1. The number of aromatic nitrogens is 1. The minimum absolute atomic E-state index is 0.0414. The molecular formula is C12H19N3O2. The predicted molar refractivity (Wildman–Crippen MR) is 65.6 cm³/mol. The lowest BCUT2D eigenvalue weighted by molar-refractivity contribution is -0.131. The second-order valence-electron chi connectivity index (χ2n) is 4.47. The molecule has 3 N–H and O–H groups in total. The fourth-order valence-corrected chi connectivity index (χ4v) is 1.42. The number of Topliss-reactive ketones (excluding diaryl/α,β-unsaturated/α-hetero) is 1. The Labute approximate surface area is 101 Å². The lowest BCUT2D eigenvalue weighted by atomic mass is 10.0. The zero-order valence-corrected chi connectivity index (χ0v) is 10.4. The van der Waals surface area contributed by atoms with Gasteiger partial charge in [-0.3, -0.25) is 9.59 Å². The van der Waals surface area contributed by atoms with Crippen LogP contribution in [0.15, 0.2) is 18.3 Å². The van der Waals surface area contributed by atoms with E-state index in [0.29, 0.717) is 5.69 Å². The van der Waals surface area contributed by atoms with E-state index in [4.69, 9.17) is 5.73 Å². The zero-order chi connectivity index (χ0) is 13.0. The molecular weight excluding hydrogens is 218 g/mol. The summed E-state index contributed by atoms with van der Waals surface area (Å²) in [4.78, 5) is 27.8. The molecule has 0 aliphatic rings. The molecule has 0 fully saturated rings. The summed E-state index contributed by atoms with van der Waals surface area (Å²) >= 11 is 0. The van der Waals surface area contributed by atoms with Gasteiger partial charge in [-0.25, -0.2) is 0 Å². The van der Waals surface area contributed by atoms with Crippen LogP contribution < -0.4 is 5.73 Å². The molecule has 17 heavy (non-hydrogen) atoms. The van der Waals surface area contributed by atoms with Gasteiger partial charge in [0.2, 0.25) is 5.91 Å². The number of hydrogen-bond acceptors (Lipinski definition) is 3. The van der Waals surface area contributed by atoms with Gasteiger partial charge < -0.3 is 15.6 Å². The van der Waals surface area contributed by atoms with Crippen molar-refractivity contribution in [1.29, 1.82) is 0 Å². The Morgan fingerprint density at radius 1 is 1.47 bits per heavy atom. The number of ketones is 1. The van der Waals surface area contributed by atoms with Crippen molar-refractivity contribution in [3.05, 3.63) is 24.0 Å². The van der Waals surface area contributed by atoms with E-state index in [1.165, 1.54) is 4.90 Å². The molecule has 94 valence electrons. The van der Waals surface area contributed by atoms with Crippen LogP contribution in [-0.2, 0) is 4.79 Å². The van der Waals surface area contributed by atoms with Gasteiger partial charge in [-0.2, -0.15) is 0 Å². The SMILES string of the molecule is CC(C)C(N)C(=O)N(C)CC(=O)c1ccc[nH]1. The molecule has 1 aromatic rings. The first kappa shape index (κ1) is 13.4. The quantitative estimate of drug-likeness (QED) is 0.737. The Morgan fingerprint density at radius 2 is 2.12 bits per heavy atom. The number of aromatic amines is 1. The molecule has 1 rings (SSSR count). The number of carbonyl (C=O) groups is 2. The zero-order valence-electron chi connectivity index (χ0n) is 10.4. The average molecular weight is 237 g/mol. The third-order valence-corrected chi connectivity index (χ3v) is 2.66. The maximum Gasteiger partial charge on any atom is 0.239 e. The van der Waals surface area contributed by atoms with Crippen LogP contribution in [0.1, 0.15) is 24.3 Å². The highest BCUT2D eigenvalue weighted by Crippen LogP contribution is 2.04. The summed E-state index contributed by atoms with van der Waals surface area (Å²) in [6.07, 6.45) is 1.68. The van der Waals surface area contributed by atoms with E-state index in [1.807, 2.05) is 13.8 Å². The van der Waals surface area contributed by atoms with E-state index in [-0.39, 0.29) is 24.2 Å². The van der Waals surface area contributed by atoms with Crippen molar-refractivity contribution in [2.24, 2.45) is 11.7 Å². The van der Waals surface area contributed by atoms with E-state index in [1.54, 1.807) is 25.4 Å². The second kappa shape index (κ2) is 5.63. The van der Waals surface area contributed by atoms with Gasteiger partial charge in [0.1, 0.15) is 0 Å². The molecule has 0 aliphatic carbocycles. The van der Waals surface area contributed by atoms with E-state index >= 15 is 0 Å². The van der Waals surface area contributed by atoms with Gasteiger partial charge in [0.05, 0.1) is 18.3 Å². The highest BCUT2D eigenvalue weighted by molar-refractivity contribution is 5.98. The summed E-state index contributed by atoms with van der Waals surface area (Å²) in [6.45, 7) is 3.80. The van der Waals surface area contributed by atoms with Gasteiger partial charge >= 0.3 is 0 Å². The first-order valence-corrected chi connectivity index (χ1v) is 5.60. The van der Waals surface area contributed by atoms with Crippen LogP contribution in [0, 0.1) is 5.92 Å². The summed E-state index contributed by atoms with van der Waals surface area (Å²) in [5.74, 6) is -0.271. The first-order valence-electron chi connectivity index (χ1n) is 5.60. The number of likely N-dealkylation sites (N-methyl/N-ethyl adjacent to an activating group) is 1. The van der Waals surface area contributed by atoms with Gasteiger partial charge in [0.15, 0.2) is 5.78 Å². The van der Waals surface area contributed by atoms with Gasteiger partial charge in [0.25, 0.3) is 0 Å². The molecule has 1 heterocycles. The van der Waals surface area contributed by atoms with Crippen LogP contribution in [0.5, 0.6) is 0 Å². The molecule has 1 aromatic heterocycles. The van der Waals surface area contributed by atoms with Crippen LogP contribution in [0.4, 0.5) is 0 Å². The Bertz CT molecular complexity index is 384. The Balaban J connectivity index is 2.58. The van der Waals surface area contributed by atoms with E-state index < -0.39 is 6.04 Å². The molecule has 0 saturated carbocycles. The van der Waals surface area contributed by atoms with Crippen molar-refractivity contribution in [1.82, 2.24) is 9.88 Å². The molecule has 5 nitrogen and oxygen atoms in total. The maximum atomic E-state index is 11.8. The number of rotatable bonds is 5. The molecule has 5 heteroatoms. The van der Waals surface area contributed by atoms with Crippen molar-refractivity contribution in [2.45, 2.75) is 19.9 Å². The van der Waals surface area contributed by atoms with Crippen molar-refractivity contribution in [3.63, 3.8) is 0 Å². The Morgan fingerprint density at radius 3 is 2.59 bits per heavy atom. The minimum Gasteiger partial charge on any atom is -0.359 e. The van der Waals surface area contributed by atoms with Gasteiger partial charge in [-0.05, 0) is 18.1 Å². The summed E-state index contributed by atoms with van der Waals surface area (Å²) in [5, 5.41) is 0. The Kier molecular flexibility index (Phi) is 4.45. The van der Waals surface area contributed by atoms with E-state index in [0.717, 1.165) is 0 Å². The normalized spacial score (nSPS) is 12.5. The lowest BCUT2D eigenvalue weighted by Gasteiger charge is -2.22. The van der Waals surface area contributed by atoms with E-state index in [9.17, 15) is 9.59 Å². The summed E-state index contributed by atoms with van der Waals surface area (Å²) in [7, 11) is 1.59. The number of amides is 1. The fourth-order valence-electron chi connectivity index (χ4n) is 1.42. The predicted octanol–water partition coefficient (Wildman–Crippen LogP) is 0.639. The van der Waals surface area contributed by atoms with Crippen LogP contribution in [-0.4, -0.2) is 41.2 Å². The lowest BCUT2D eigenvalue weighted by Crippen LogP contribution is -2.46. The van der Waals surface area contributed by atoms with Crippen LogP contribution in [0.2, 0.25) is 0 Å². The van der Waals surface area contributed by atoms with Crippen molar-refractivity contribution >= 4 is 11.7 Å². The van der Waals surface area contributed by atoms with Crippen LogP contribution >= 0.6 is 0 Å².